The molecule has 0 heterocycles. The SMILES string of the molecule is CC(C)CC(C)NCCCCCCCCCCCN. The largest absolute Gasteiger partial charge is 0.330 e. The van der Waals surface area contributed by atoms with E-state index in [4.69, 9.17) is 5.73 Å². The fourth-order valence-electron chi connectivity index (χ4n) is 2.65. The summed E-state index contributed by atoms with van der Waals surface area (Å²) in [4.78, 5) is 0. The molecule has 0 spiro atoms. The summed E-state index contributed by atoms with van der Waals surface area (Å²) < 4.78 is 0. The first-order valence-corrected chi connectivity index (χ1v) is 8.60. The van der Waals surface area contributed by atoms with E-state index in [0.29, 0.717) is 6.04 Å². The third-order valence-electron chi connectivity index (χ3n) is 3.70. The minimum absolute atomic E-state index is 0.683. The molecule has 0 bridgehead atoms. The van der Waals surface area contributed by atoms with Crippen molar-refractivity contribution < 1.29 is 0 Å². The van der Waals surface area contributed by atoms with Crippen LogP contribution in [0.5, 0.6) is 0 Å². The smallest absolute Gasteiger partial charge is 0.00411 e. The molecule has 0 aliphatic carbocycles. The third-order valence-corrected chi connectivity index (χ3v) is 3.70. The van der Waals surface area contributed by atoms with E-state index in [0.717, 1.165) is 12.5 Å². The third kappa shape index (κ3) is 15.9. The van der Waals surface area contributed by atoms with Gasteiger partial charge in [0.1, 0.15) is 0 Å². The van der Waals surface area contributed by atoms with Gasteiger partial charge in [-0.3, -0.25) is 0 Å². The van der Waals surface area contributed by atoms with Crippen molar-refractivity contribution in [2.45, 2.75) is 91.0 Å². The number of hydrogen-bond donors (Lipinski definition) is 2. The summed E-state index contributed by atoms with van der Waals surface area (Å²) in [5, 5.41) is 3.63. The van der Waals surface area contributed by atoms with Gasteiger partial charge in [0.15, 0.2) is 0 Å². The van der Waals surface area contributed by atoms with Crippen molar-refractivity contribution in [3.8, 4) is 0 Å². The normalized spacial score (nSPS) is 13.1. The van der Waals surface area contributed by atoms with Gasteiger partial charge in [0.2, 0.25) is 0 Å². The molecule has 0 aliphatic rings. The second kappa shape index (κ2) is 14.3. The van der Waals surface area contributed by atoms with Crippen LogP contribution in [0.1, 0.15) is 85.0 Å². The molecule has 0 aromatic carbocycles. The first-order chi connectivity index (χ1) is 9.16. The summed E-state index contributed by atoms with van der Waals surface area (Å²) in [6.45, 7) is 8.96. The van der Waals surface area contributed by atoms with E-state index < -0.39 is 0 Å². The number of nitrogens with two attached hydrogens (primary N) is 1. The highest BCUT2D eigenvalue weighted by Crippen LogP contribution is 2.09. The molecule has 2 heteroatoms. The monoisotopic (exact) mass is 270 g/mol. The van der Waals surface area contributed by atoms with Crippen LogP contribution >= 0.6 is 0 Å². The highest BCUT2D eigenvalue weighted by Gasteiger charge is 2.03. The minimum Gasteiger partial charge on any atom is -0.330 e. The lowest BCUT2D eigenvalue weighted by Gasteiger charge is -2.15. The molecule has 116 valence electrons. The molecule has 1 atom stereocenters. The summed E-state index contributed by atoms with van der Waals surface area (Å²) in [7, 11) is 0. The fraction of sp³-hybridized carbons (Fsp3) is 1.00. The van der Waals surface area contributed by atoms with Crippen molar-refractivity contribution in [3.63, 3.8) is 0 Å². The lowest BCUT2D eigenvalue weighted by Crippen LogP contribution is -2.28. The average Bonchev–Trinajstić information content (AvgIpc) is 2.35. The van der Waals surface area contributed by atoms with Crippen LogP contribution in [0, 0.1) is 5.92 Å². The molecule has 0 radical (unpaired) electrons. The Morgan fingerprint density at radius 2 is 1.21 bits per heavy atom. The van der Waals surface area contributed by atoms with E-state index in [1.54, 1.807) is 0 Å². The van der Waals surface area contributed by atoms with E-state index >= 15 is 0 Å². The molecule has 0 aromatic heterocycles. The second-order valence-electron chi connectivity index (χ2n) is 6.46. The van der Waals surface area contributed by atoms with Crippen LogP contribution in [0.3, 0.4) is 0 Å². The predicted octanol–water partition coefficient (Wildman–Crippen LogP) is 4.48. The van der Waals surface area contributed by atoms with Gasteiger partial charge >= 0.3 is 0 Å². The van der Waals surface area contributed by atoms with Crippen molar-refractivity contribution in [3.05, 3.63) is 0 Å². The van der Waals surface area contributed by atoms with Crippen molar-refractivity contribution in [2.24, 2.45) is 11.7 Å². The lowest BCUT2D eigenvalue weighted by atomic mass is 10.0. The fourth-order valence-corrected chi connectivity index (χ4v) is 2.65. The highest BCUT2D eigenvalue weighted by molar-refractivity contribution is 4.62. The standard InChI is InChI=1S/C17H38N2/c1-16(2)15-17(3)19-14-12-10-8-6-4-5-7-9-11-13-18/h16-17,19H,4-15,18H2,1-3H3. The van der Waals surface area contributed by atoms with Crippen molar-refractivity contribution in [2.75, 3.05) is 13.1 Å². The summed E-state index contributed by atoms with van der Waals surface area (Å²) in [6, 6.07) is 0.683. The molecule has 0 saturated heterocycles. The van der Waals surface area contributed by atoms with Gasteiger partial charge in [0.05, 0.1) is 0 Å². The minimum atomic E-state index is 0.683. The maximum Gasteiger partial charge on any atom is 0.00411 e. The summed E-state index contributed by atoms with van der Waals surface area (Å²) in [6.07, 6.45) is 13.6. The Bertz CT molecular complexity index is 169. The molecule has 2 nitrogen and oxygen atoms in total. The van der Waals surface area contributed by atoms with Gasteiger partial charge < -0.3 is 11.1 Å². The summed E-state index contributed by atoms with van der Waals surface area (Å²) in [5.74, 6) is 0.807. The first kappa shape index (κ1) is 18.9. The lowest BCUT2D eigenvalue weighted by molar-refractivity contribution is 0.433. The molecule has 0 aliphatic heterocycles. The van der Waals surface area contributed by atoms with E-state index in [2.05, 4.69) is 26.1 Å². The van der Waals surface area contributed by atoms with Gasteiger partial charge in [-0.15, -0.1) is 0 Å². The zero-order valence-electron chi connectivity index (χ0n) is 13.7. The molecule has 0 amide bonds. The van der Waals surface area contributed by atoms with Gasteiger partial charge in [0.25, 0.3) is 0 Å². The summed E-state index contributed by atoms with van der Waals surface area (Å²) in [5.41, 5.74) is 5.48. The quantitative estimate of drug-likeness (QED) is 0.457. The molecule has 0 saturated carbocycles. The predicted molar refractivity (Wildman–Crippen MR) is 87.5 cm³/mol. The first-order valence-electron chi connectivity index (χ1n) is 8.60. The maximum atomic E-state index is 5.48. The topological polar surface area (TPSA) is 38.0 Å². The zero-order chi connectivity index (χ0) is 14.3. The number of nitrogens with one attached hydrogen (secondary N) is 1. The van der Waals surface area contributed by atoms with E-state index in [1.165, 1.54) is 70.8 Å². The number of unbranched alkanes of at least 4 members (excludes halogenated alkanes) is 8. The Morgan fingerprint density at radius 3 is 1.68 bits per heavy atom. The van der Waals surface area contributed by atoms with Crippen LogP contribution in [0.15, 0.2) is 0 Å². The van der Waals surface area contributed by atoms with Crippen LogP contribution in [-0.4, -0.2) is 19.1 Å². The van der Waals surface area contributed by atoms with Crippen LogP contribution in [-0.2, 0) is 0 Å². The Morgan fingerprint density at radius 1 is 0.737 bits per heavy atom. The number of rotatable bonds is 14. The van der Waals surface area contributed by atoms with Gasteiger partial charge in [-0.2, -0.15) is 0 Å². The van der Waals surface area contributed by atoms with Crippen molar-refractivity contribution in [1.29, 1.82) is 0 Å². The Hall–Kier alpha value is -0.0800. The van der Waals surface area contributed by atoms with Crippen LogP contribution in [0.4, 0.5) is 0 Å². The summed E-state index contributed by atoms with van der Waals surface area (Å²) >= 11 is 0. The molecule has 19 heavy (non-hydrogen) atoms. The van der Waals surface area contributed by atoms with Gasteiger partial charge in [-0.05, 0) is 45.2 Å². The van der Waals surface area contributed by atoms with Crippen molar-refractivity contribution >= 4 is 0 Å². The molecule has 0 aromatic rings. The average molecular weight is 271 g/mol. The Balaban J connectivity index is 3.06. The van der Waals surface area contributed by atoms with Gasteiger partial charge in [-0.25, -0.2) is 0 Å². The van der Waals surface area contributed by atoms with Crippen LogP contribution in [0.2, 0.25) is 0 Å². The zero-order valence-corrected chi connectivity index (χ0v) is 13.7. The Labute approximate surface area is 121 Å². The van der Waals surface area contributed by atoms with E-state index in [1.807, 2.05) is 0 Å². The molecule has 3 N–H and O–H groups in total. The van der Waals surface area contributed by atoms with E-state index in [-0.39, 0.29) is 0 Å². The van der Waals surface area contributed by atoms with Gasteiger partial charge in [0, 0.05) is 6.04 Å². The van der Waals surface area contributed by atoms with Crippen LogP contribution in [0.25, 0.3) is 0 Å². The molecular weight excluding hydrogens is 232 g/mol. The van der Waals surface area contributed by atoms with Gasteiger partial charge in [-0.1, -0.05) is 58.8 Å². The number of hydrogen-bond acceptors (Lipinski definition) is 2. The highest BCUT2D eigenvalue weighted by atomic mass is 14.9. The maximum absolute atomic E-state index is 5.48. The van der Waals surface area contributed by atoms with Crippen LogP contribution < -0.4 is 11.1 Å². The molecule has 0 rings (SSSR count). The van der Waals surface area contributed by atoms with E-state index in [9.17, 15) is 0 Å². The molecular formula is C17H38N2. The molecule has 1 unspecified atom stereocenters. The molecule has 0 fully saturated rings. The second-order valence-corrected chi connectivity index (χ2v) is 6.46. The Kier molecular flexibility index (Phi) is 14.3. The van der Waals surface area contributed by atoms with Crippen molar-refractivity contribution in [1.82, 2.24) is 5.32 Å².